The van der Waals surface area contributed by atoms with Crippen LogP contribution in [-0.4, -0.2) is 21.3 Å². The lowest BCUT2D eigenvalue weighted by Gasteiger charge is -2.08. The first-order chi connectivity index (χ1) is 9.02. The van der Waals surface area contributed by atoms with E-state index in [2.05, 4.69) is 15.4 Å². The molecule has 19 heavy (non-hydrogen) atoms. The van der Waals surface area contributed by atoms with Gasteiger partial charge in [-0.3, -0.25) is 0 Å². The van der Waals surface area contributed by atoms with Gasteiger partial charge in [0.05, 0.1) is 0 Å². The predicted octanol–water partition coefficient (Wildman–Crippen LogP) is 2.40. The number of alkyl halides is 3. The number of hydrogen-bond donors (Lipinski definition) is 1. The zero-order valence-electron chi connectivity index (χ0n) is 10.3. The molecule has 0 saturated carbocycles. The molecule has 2 heterocycles. The van der Waals surface area contributed by atoms with Crippen molar-refractivity contribution in [1.29, 1.82) is 0 Å². The Morgan fingerprint density at radius 3 is 2.74 bits per heavy atom. The number of nitrogens with one attached hydrogen (secondary N) is 1. The molecular formula is C12H13F3N4. The van der Waals surface area contributed by atoms with Gasteiger partial charge in [-0.2, -0.15) is 18.3 Å². The summed E-state index contributed by atoms with van der Waals surface area (Å²) in [7, 11) is 0. The van der Waals surface area contributed by atoms with Gasteiger partial charge in [-0.05, 0) is 18.7 Å². The zero-order chi connectivity index (χ0) is 13.9. The molecule has 0 fully saturated rings. The van der Waals surface area contributed by atoms with Crippen LogP contribution in [0.5, 0.6) is 0 Å². The normalized spacial score (nSPS) is 11.8. The summed E-state index contributed by atoms with van der Waals surface area (Å²) >= 11 is 0. The maximum absolute atomic E-state index is 12.5. The van der Waals surface area contributed by atoms with E-state index >= 15 is 0 Å². The van der Waals surface area contributed by atoms with Crippen LogP contribution in [0.15, 0.2) is 30.6 Å². The molecule has 0 aliphatic rings. The maximum atomic E-state index is 12.5. The second kappa shape index (κ2) is 5.40. The number of nitrogens with zero attached hydrogens (tertiary/aromatic N) is 3. The van der Waals surface area contributed by atoms with Crippen LogP contribution < -0.4 is 5.32 Å². The molecule has 0 aliphatic heterocycles. The maximum Gasteiger partial charge on any atom is 0.435 e. The first-order valence-electron chi connectivity index (χ1n) is 5.80. The molecule has 102 valence electrons. The molecule has 0 radical (unpaired) electrons. The Morgan fingerprint density at radius 1 is 1.32 bits per heavy atom. The third-order valence-corrected chi connectivity index (χ3v) is 2.53. The molecule has 7 heteroatoms. The highest BCUT2D eigenvalue weighted by atomic mass is 19.4. The first kappa shape index (κ1) is 13.5. The van der Waals surface area contributed by atoms with E-state index < -0.39 is 11.9 Å². The number of hydrogen-bond acceptors (Lipinski definition) is 3. The van der Waals surface area contributed by atoms with Crippen molar-refractivity contribution >= 4 is 0 Å². The molecule has 2 aromatic heterocycles. The predicted molar refractivity (Wildman–Crippen MR) is 63.7 cm³/mol. The summed E-state index contributed by atoms with van der Waals surface area (Å²) in [6.45, 7) is 3.24. The first-order valence-corrected chi connectivity index (χ1v) is 5.80. The van der Waals surface area contributed by atoms with Gasteiger partial charge in [0.2, 0.25) is 0 Å². The van der Waals surface area contributed by atoms with E-state index in [1.165, 1.54) is 12.4 Å². The molecule has 0 spiro atoms. The van der Waals surface area contributed by atoms with E-state index in [4.69, 9.17) is 0 Å². The van der Waals surface area contributed by atoms with Crippen molar-refractivity contribution in [3.63, 3.8) is 0 Å². The summed E-state index contributed by atoms with van der Waals surface area (Å²) in [6.07, 6.45) is -1.65. The molecule has 0 atom stereocenters. The Balaban J connectivity index is 2.33. The smallest absolute Gasteiger partial charge is 0.313 e. The molecule has 0 aliphatic carbocycles. The quantitative estimate of drug-likeness (QED) is 0.927. The Labute approximate surface area is 108 Å². The summed E-state index contributed by atoms with van der Waals surface area (Å²) < 4.78 is 38.7. The fourth-order valence-electron chi connectivity index (χ4n) is 1.63. The molecule has 0 aromatic carbocycles. The van der Waals surface area contributed by atoms with Crippen molar-refractivity contribution in [3.05, 3.63) is 41.9 Å². The van der Waals surface area contributed by atoms with E-state index in [9.17, 15) is 13.2 Å². The average molecular weight is 270 g/mol. The summed E-state index contributed by atoms with van der Waals surface area (Å²) in [5.41, 5.74) is -0.131. The van der Waals surface area contributed by atoms with Crippen molar-refractivity contribution in [3.8, 4) is 5.82 Å². The van der Waals surface area contributed by atoms with Crippen LogP contribution in [0.1, 0.15) is 18.2 Å². The van der Waals surface area contributed by atoms with E-state index in [0.717, 1.165) is 22.9 Å². The Bertz CT molecular complexity index is 548. The third-order valence-electron chi connectivity index (χ3n) is 2.53. The Morgan fingerprint density at radius 2 is 2.11 bits per heavy atom. The van der Waals surface area contributed by atoms with Crippen molar-refractivity contribution in [2.45, 2.75) is 19.6 Å². The highest BCUT2D eigenvalue weighted by Gasteiger charge is 2.33. The Kier molecular flexibility index (Phi) is 3.84. The zero-order valence-corrected chi connectivity index (χ0v) is 10.3. The minimum atomic E-state index is -4.44. The highest BCUT2D eigenvalue weighted by molar-refractivity contribution is 5.33. The molecule has 1 N–H and O–H groups in total. The number of rotatable bonds is 4. The third kappa shape index (κ3) is 3.11. The van der Waals surface area contributed by atoms with Crippen LogP contribution in [0.2, 0.25) is 0 Å². The summed E-state index contributed by atoms with van der Waals surface area (Å²) in [6, 6.07) is 4.48. The molecular weight excluding hydrogens is 257 g/mol. The largest absolute Gasteiger partial charge is 0.435 e. The standard InChI is InChI=1S/C12H13F3N4/c1-2-16-8-9-4-3-6-17-11(9)19-7-5-10(18-19)12(13,14)15/h3-7,16H,2,8H2,1H3. The van der Waals surface area contributed by atoms with Gasteiger partial charge in [-0.25, -0.2) is 9.67 Å². The van der Waals surface area contributed by atoms with E-state index in [0.29, 0.717) is 12.4 Å². The fraction of sp³-hybridized carbons (Fsp3) is 0.333. The number of halogens is 3. The van der Waals surface area contributed by atoms with Crippen molar-refractivity contribution in [2.24, 2.45) is 0 Å². The second-order valence-corrected chi connectivity index (χ2v) is 3.91. The van der Waals surface area contributed by atoms with Crippen LogP contribution in [0.25, 0.3) is 5.82 Å². The summed E-state index contributed by atoms with van der Waals surface area (Å²) in [5.74, 6) is 0.402. The van der Waals surface area contributed by atoms with Crippen LogP contribution in [0.3, 0.4) is 0 Å². The second-order valence-electron chi connectivity index (χ2n) is 3.91. The molecule has 0 amide bonds. The van der Waals surface area contributed by atoms with Crippen molar-refractivity contribution < 1.29 is 13.2 Å². The van der Waals surface area contributed by atoms with Gasteiger partial charge in [-0.15, -0.1) is 0 Å². The van der Waals surface area contributed by atoms with Crippen LogP contribution >= 0.6 is 0 Å². The summed E-state index contributed by atoms with van der Waals surface area (Å²) in [4.78, 5) is 4.09. The Hall–Kier alpha value is -1.89. The van der Waals surface area contributed by atoms with E-state index in [-0.39, 0.29) is 0 Å². The van der Waals surface area contributed by atoms with E-state index in [1.54, 1.807) is 12.1 Å². The minimum absolute atomic E-state index is 0.402. The topological polar surface area (TPSA) is 42.7 Å². The van der Waals surface area contributed by atoms with E-state index in [1.807, 2.05) is 6.92 Å². The molecule has 2 aromatic rings. The monoisotopic (exact) mass is 270 g/mol. The molecule has 0 unspecified atom stereocenters. The summed E-state index contributed by atoms with van der Waals surface area (Å²) in [5, 5.41) is 6.63. The van der Waals surface area contributed by atoms with Gasteiger partial charge < -0.3 is 5.32 Å². The lowest BCUT2D eigenvalue weighted by Crippen LogP contribution is -2.15. The van der Waals surface area contributed by atoms with Crippen LogP contribution in [-0.2, 0) is 12.7 Å². The minimum Gasteiger partial charge on any atom is -0.313 e. The lowest BCUT2D eigenvalue weighted by molar-refractivity contribution is -0.141. The van der Waals surface area contributed by atoms with Gasteiger partial charge in [0.25, 0.3) is 0 Å². The van der Waals surface area contributed by atoms with Gasteiger partial charge in [0, 0.05) is 24.5 Å². The SMILES string of the molecule is CCNCc1cccnc1-n1ccc(C(F)(F)F)n1. The van der Waals surface area contributed by atoms with Crippen molar-refractivity contribution in [2.75, 3.05) is 6.54 Å². The molecule has 0 saturated heterocycles. The van der Waals surface area contributed by atoms with Gasteiger partial charge >= 0.3 is 6.18 Å². The van der Waals surface area contributed by atoms with Gasteiger partial charge in [0.1, 0.15) is 0 Å². The molecule has 4 nitrogen and oxygen atoms in total. The van der Waals surface area contributed by atoms with Crippen LogP contribution in [0.4, 0.5) is 13.2 Å². The van der Waals surface area contributed by atoms with Crippen LogP contribution in [0, 0.1) is 0 Å². The average Bonchev–Trinajstić information content (AvgIpc) is 2.86. The van der Waals surface area contributed by atoms with Gasteiger partial charge in [-0.1, -0.05) is 13.0 Å². The van der Waals surface area contributed by atoms with Gasteiger partial charge in [0.15, 0.2) is 11.5 Å². The molecule has 2 rings (SSSR count). The lowest BCUT2D eigenvalue weighted by atomic mass is 10.2. The number of pyridine rings is 1. The highest BCUT2D eigenvalue weighted by Crippen LogP contribution is 2.27. The fourth-order valence-corrected chi connectivity index (χ4v) is 1.63. The molecule has 0 bridgehead atoms. The van der Waals surface area contributed by atoms with Crippen molar-refractivity contribution in [1.82, 2.24) is 20.1 Å². The number of aromatic nitrogens is 3.